The van der Waals surface area contributed by atoms with Gasteiger partial charge in [0.15, 0.2) is 0 Å². The maximum atomic E-state index is 14.6. The molecule has 6 amide bonds. The number of halogens is 1. The van der Waals surface area contributed by atoms with E-state index in [2.05, 4.69) is 15.6 Å². The van der Waals surface area contributed by atoms with Gasteiger partial charge in [0.2, 0.25) is 35.3 Å². The number of benzene rings is 4. The number of aromatic nitrogens is 2. The lowest BCUT2D eigenvalue weighted by Crippen LogP contribution is -2.55. The van der Waals surface area contributed by atoms with Gasteiger partial charge in [0.1, 0.15) is 6.04 Å². The molecule has 0 aliphatic heterocycles. The Hall–Kier alpha value is -7.20. The second-order valence-electron chi connectivity index (χ2n) is 11.3. The van der Waals surface area contributed by atoms with Crippen LogP contribution in [0.4, 0.5) is 0 Å². The smallest absolute Gasteiger partial charge is 0.286 e. The lowest BCUT2D eigenvalue weighted by atomic mass is 9.88. The first kappa shape index (κ1) is 37.1. The lowest BCUT2D eigenvalue weighted by molar-refractivity contribution is 0.0431. The molecule has 0 saturated carbocycles. The number of hydrogen-bond acceptors (Lipinski definition) is 10. The molecule has 1 heterocycles. The van der Waals surface area contributed by atoms with Crippen LogP contribution in [0.1, 0.15) is 86.2 Å². The Balaban J connectivity index is 1.65. The van der Waals surface area contributed by atoms with Gasteiger partial charge in [0.05, 0.1) is 27.8 Å². The van der Waals surface area contributed by atoms with E-state index in [0.717, 1.165) is 5.56 Å². The van der Waals surface area contributed by atoms with Crippen LogP contribution in [0.2, 0.25) is 5.02 Å². The summed E-state index contributed by atoms with van der Waals surface area (Å²) in [5, 5.41) is 8.73. The Labute approximate surface area is 305 Å². The van der Waals surface area contributed by atoms with E-state index in [1.165, 1.54) is 19.1 Å². The Kier molecular flexibility index (Phi) is 10.7. The van der Waals surface area contributed by atoms with Crippen molar-refractivity contribution in [1.29, 1.82) is 0 Å². The average Bonchev–Trinajstić information content (AvgIpc) is 3.64. The maximum Gasteiger partial charge on any atom is 0.286 e. The van der Waals surface area contributed by atoms with E-state index < -0.39 is 81.0 Å². The minimum atomic E-state index is -1.67. The van der Waals surface area contributed by atoms with E-state index in [0.29, 0.717) is 27.2 Å². The molecule has 1 atom stereocenters. The Bertz CT molecular complexity index is 2310. The predicted molar refractivity (Wildman–Crippen MR) is 189 cm³/mol. The number of nitrogens with zero attached hydrogens (tertiary/aromatic N) is 3. The molecular formula is C36H29ClN8O8. The minimum Gasteiger partial charge on any atom is -0.414 e. The van der Waals surface area contributed by atoms with Crippen LogP contribution in [0.5, 0.6) is 0 Å². The normalized spacial score (nSPS) is 11.3. The van der Waals surface area contributed by atoms with Crippen molar-refractivity contribution < 1.29 is 38.0 Å². The molecule has 0 aliphatic carbocycles. The van der Waals surface area contributed by atoms with E-state index >= 15 is 0 Å². The van der Waals surface area contributed by atoms with E-state index in [9.17, 15) is 33.6 Å². The number of primary amides is 4. The van der Waals surface area contributed by atoms with Crippen LogP contribution in [0.25, 0.3) is 22.6 Å². The lowest BCUT2D eigenvalue weighted by Gasteiger charge is -2.31. The number of amides is 6. The number of carbonyl (C=O) groups excluding carboxylic acids is 7. The van der Waals surface area contributed by atoms with Crippen molar-refractivity contribution in [3.05, 3.63) is 129 Å². The van der Waals surface area contributed by atoms with E-state index in [-0.39, 0.29) is 17.9 Å². The highest BCUT2D eigenvalue weighted by Gasteiger charge is 2.39. The molecule has 0 radical (unpaired) electrons. The average molecular weight is 737 g/mol. The van der Waals surface area contributed by atoms with Crippen LogP contribution >= 0.6 is 11.6 Å². The number of hydrogen-bond donors (Lipinski definition) is 5. The summed E-state index contributed by atoms with van der Waals surface area (Å²) in [5.41, 5.74) is 21.9. The molecular weight excluding hydrogens is 708 g/mol. The molecule has 0 spiro atoms. The number of ketones is 1. The van der Waals surface area contributed by atoms with E-state index in [4.69, 9.17) is 39.0 Å². The maximum absolute atomic E-state index is 14.6. The first-order chi connectivity index (χ1) is 25.2. The van der Waals surface area contributed by atoms with Crippen LogP contribution in [-0.4, -0.2) is 62.5 Å². The molecule has 53 heavy (non-hydrogen) atoms. The van der Waals surface area contributed by atoms with Gasteiger partial charge in [-0.25, -0.2) is 5.01 Å². The second kappa shape index (κ2) is 15.4. The zero-order chi connectivity index (χ0) is 38.6. The Morgan fingerprint density at radius 3 is 1.87 bits per heavy atom. The fraction of sp³-hybridized carbons (Fsp3) is 0.0833. The molecule has 0 aliphatic rings. The van der Waals surface area contributed by atoms with Crippen molar-refractivity contribution in [1.82, 2.24) is 20.6 Å². The summed E-state index contributed by atoms with van der Waals surface area (Å²) >= 11 is 6.12. The molecule has 17 heteroatoms. The number of nitrogens with one attached hydrogen (secondary N) is 1. The fourth-order valence-electron chi connectivity index (χ4n) is 5.49. The third-order valence-corrected chi connectivity index (χ3v) is 8.20. The molecule has 9 N–H and O–H groups in total. The van der Waals surface area contributed by atoms with Gasteiger partial charge >= 0.3 is 0 Å². The molecule has 0 unspecified atom stereocenters. The van der Waals surface area contributed by atoms with E-state index in [1.807, 2.05) is 0 Å². The van der Waals surface area contributed by atoms with Gasteiger partial charge < -0.3 is 27.4 Å². The Morgan fingerprint density at radius 2 is 1.30 bits per heavy atom. The van der Waals surface area contributed by atoms with Gasteiger partial charge in [0.25, 0.3) is 17.7 Å². The Morgan fingerprint density at radius 1 is 0.698 bits per heavy atom. The summed E-state index contributed by atoms with van der Waals surface area (Å²) in [7, 11) is 0. The second-order valence-corrected chi connectivity index (χ2v) is 11.8. The molecule has 0 fully saturated rings. The van der Waals surface area contributed by atoms with Crippen molar-refractivity contribution >= 4 is 52.8 Å². The molecule has 1 aromatic heterocycles. The molecule has 0 saturated heterocycles. The van der Waals surface area contributed by atoms with Crippen LogP contribution in [0.3, 0.4) is 0 Å². The van der Waals surface area contributed by atoms with Gasteiger partial charge in [-0.2, -0.15) is 0 Å². The van der Waals surface area contributed by atoms with Crippen molar-refractivity contribution in [2.75, 3.05) is 0 Å². The molecule has 4 aromatic carbocycles. The highest BCUT2D eigenvalue weighted by molar-refractivity contribution is 6.30. The quantitative estimate of drug-likeness (QED) is 0.0922. The van der Waals surface area contributed by atoms with Crippen molar-refractivity contribution in [2.45, 2.75) is 19.4 Å². The van der Waals surface area contributed by atoms with Gasteiger partial charge in [0, 0.05) is 16.1 Å². The molecule has 268 valence electrons. The van der Waals surface area contributed by atoms with Gasteiger partial charge in [-0.3, -0.25) is 39.0 Å². The first-order valence-electron chi connectivity index (χ1n) is 15.6. The number of Topliss-reactive ketones (excluding diaryl/α,β-unsaturated/α-hetero) is 1. The predicted octanol–water partition coefficient (Wildman–Crippen LogP) is 2.90. The minimum absolute atomic E-state index is 0.00724. The van der Waals surface area contributed by atoms with Crippen LogP contribution < -0.4 is 28.4 Å². The van der Waals surface area contributed by atoms with Crippen molar-refractivity contribution in [3.63, 3.8) is 0 Å². The van der Waals surface area contributed by atoms with E-state index in [1.54, 1.807) is 66.7 Å². The molecule has 5 aromatic rings. The summed E-state index contributed by atoms with van der Waals surface area (Å²) in [6.07, 6.45) is -0.235. The van der Waals surface area contributed by atoms with Gasteiger partial charge in [-0.1, -0.05) is 61.0 Å². The number of carbonyl (C=O) groups is 7. The van der Waals surface area contributed by atoms with Crippen molar-refractivity contribution in [2.24, 2.45) is 22.9 Å². The van der Waals surface area contributed by atoms with Gasteiger partial charge in [-0.05, 0) is 60.0 Å². The van der Waals surface area contributed by atoms with Gasteiger partial charge in [-0.15, -0.1) is 10.2 Å². The summed E-state index contributed by atoms with van der Waals surface area (Å²) < 4.78 is 5.63. The topological polar surface area (TPSA) is 278 Å². The molecule has 16 nitrogen and oxygen atoms in total. The summed E-state index contributed by atoms with van der Waals surface area (Å²) in [6, 6.07) is 20.5. The summed E-state index contributed by atoms with van der Waals surface area (Å²) in [5.74, 6) is -9.57. The van der Waals surface area contributed by atoms with Crippen LogP contribution in [0.15, 0.2) is 89.3 Å². The summed E-state index contributed by atoms with van der Waals surface area (Å²) in [6.45, 7) is 1.47. The number of nitrogens with two attached hydrogens (primary N) is 4. The standard InChI is InChI=1S/C36H29ClN8O8/c1-2-24(28(46)35-43-42-34(53-35)19-7-4-3-5-8-19)45(44-33(51)18-13-11-17(12-14-18)20-9-6-10-21(37)15-20)36(52)26-23(30(39)48)16-22(29(38)47)25(31(40)49)27(26)32(41)50/h3-16,24H,2H2,1H3,(H2,38,47)(H2,39,48)(H2,40,49)(H2,41,50)(H,44,51)/t24-/m0/s1. The summed E-state index contributed by atoms with van der Waals surface area (Å²) in [4.78, 5) is 93.1. The third kappa shape index (κ3) is 7.62. The fourth-order valence-corrected chi connectivity index (χ4v) is 5.68. The molecule has 5 rings (SSSR count). The monoisotopic (exact) mass is 736 g/mol. The highest BCUT2D eigenvalue weighted by atomic mass is 35.5. The highest BCUT2D eigenvalue weighted by Crippen LogP contribution is 2.28. The largest absolute Gasteiger partial charge is 0.414 e. The first-order valence-corrected chi connectivity index (χ1v) is 15.9. The zero-order valence-electron chi connectivity index (χ0n) is 27.7. The third-order valence-electron chi connectivity index (χ3n) is 7.97. The van der Waals surface area contributed by atoms with Crippen molar-refractivity contribution in [3.8, 4) is 22.6 Å². The SMILES string of the molecule is CC[C@@H](C(=O)c1nnc(-c2ccccc2)o1)N(NC(=O)c1ccc(-c2cccc(Cl)c2)cc1)C(=O)c1c(C(N)=O)cc(C(N)=O)c(C(N)=O)c1C(N)=O. The van der Waals surface area contributed by atoms with Crippen LogP contribution in [-0.2, 0) is 0 Å². The zero-order valence-corrected chi connectivity index (χ0v) is 28.4. The van der Waals surface area contributed by atoms with Crippen LogP contribution in [0, 0.1) is 0 Å². The molecule has 0 bridgehead atoms. The number of hydrazine groups is 1. The number of rotatable bonds is 12.